The molecule has 0 nitrogen and oxygen atoms in total. The quantitative estimate of drug-likeness (QED) is 0.380. The molecule has 0 spiro atoms. The van der Waals surface area contributed by atoms with Crippen molar-refractivity contribution in [1.82, 2.24) is 0 Å². The van der Waals surface area contributed by atoms with Crippen molar-refractivity contribution in [3.05, 3.63) is 99.2 Å². The van der Waals surface area contributed by atoms with E-state index in [4.69, 9.17) is 0 Å². The van der Waals surface area contributed by atoms with E-state index in [9.17, 15) is 4.39 Å². The van der Waals surface area contributed by atoms with Crippen molar-refractivity contribution in [3.63, 3.8) is 0 Å². The van der Waals surface area contributed by atoms with Gasteiger partial charge in [0.25, 0.3) is 0 Å². The zero-order valence-corrected chi connectivity index (χ0v) is 22.0. The molecule has 4 heteroatoms. The van der Waals surface area contributed by atoms with E-state index in [0.29, 0.717) is 9.19 Å². The van der Waals surface area contributed by atoms with Crippen LogP contribution in [0.2, 0.25) is 16.7 Å². The van der Waals surface area contributed by atoms with Gasteiger partial charge in [-0.3, -0.25) is 0 Å². The van der Waals surface area contributed by atoms with Gasteiger partial charge in [0.1, 0.15) is 0 Å². The van der Waals surface area contributed by atoms with Gasteiger partial charge >= 0.3 is 187 Å². The summed E-state index contributed by atoms with van der Waals surface area (Å²) in [5, 5.41) is 0. The van der Waals surface area contributed by atoms with E-state index in [-0.39, 0.29) is 3.63 Å². The van der Waals surface area contributed by atoms with E-state index < -0.39 is 37.4 Å². The van der Waals surface area contributed by atoms with Crippen LogP contribution in [0, 0.1) is 11.6 Å². The van der Waals surface area contributed by atoms with Gasteiger partial charge in [0.05, 0.1) is 0 Å². The molecule has 0 aliphatic heterocycles. The first kappa shape index (κ1) is 21.8. The van der Waals surface area contributed by atoms with E-state index in [1.165, 1.54) is 22.3 Å². The van der Waals surface area contributed by atoms with Crippen LogP contribution in [-0.4, -0.2) is 5.43 Å². The number of benzene rings is 2. The molecule has 0 heterocycles. The second-order valence-corrected chi connectivity index (χ2v) is 26.8. The molecule has 30 heavy (non-hydrogen) atoms. The number of hydrogen-bond donors (Lipinski definition) is 0. The third-order valence-electron chi connectivity index (χ3n) is 6.94. The van der Waals surface area contributed by atoms with Crippen LogP contribution in [0.3, 0.4) is 0 Å². The van der Waals surface area contributed by atoms with Gasteiger partial charge < -0.3 is 0 Å². The van der Waals surface area contributed by atoms with Gasteiger partial charge in [-0.15, -0.1) is 0 Å². The average Bonchev–Trinajstić information content (AvgIpc) is 3.16. The minimum atomic E-state index is -2.22. The second-order valence-electron chi connectivity index (χ2n) is 8.78. The Morgan fingerprint density at radius 2 is 1.47 bits per heavy atom. The van der Waals surface area contributed by atoms with Crippen LogP contribution in [0.5, 0.6) is 0 Å². The van der Waals surface area contributed by atoms with Crippen LogP contribution in [0.15, 0.2) is 70.8 Å². The molecule has 0 aromatic heterocycles. The van der Waals surface area contributed by atoms with E-state index >= 15 is 4.39 Å². The third kappa shape index (κ3) is 3.50. The summed E-state index contributed by atoms with van der Waals surface area (Å²) in [4.78, 5) is 0. The first-order chi connectivity index (χ1) is 14.2. The number of halogens is 2. The fourth-order valence-electron chi connectivity index (χ4n) is 5.17. The Balaban J connectivity index is 1.97. The number of rotatable bonds is 3. The second kappa shape index (κ2) is 8.28. The summed E-state index contributed by atoms with van der Waals surface area (Å²) < 4.78 is 30.2. The molecule has 0 saturated heterocycles. The predicted octanol–water partition coefficient (Wildman–Crippen LogP) is 7.80. The number of fused-ring (bicyclic) bond motifs is 1. The molecule has 1 unspecified atom stereocenters. The summed E-state index contributed by atoms with van der Waals surface area (Å²) in [5.74, 6) is -0.884. The molecule has 1 atom stereocenters. The van der Waals surface area contributed by atoms with Crippen LogP contribution >= 0.6 is 0 Å². The monoisotopic (exact) mass is 496 g/mol. The molecule has 2 aromatic rings. The van der Waals surface area contributed by atoms with Gasteiger partial charge in [-0.05, 0) is 0 Å². The van der Waals surface area contributed by atoms with Gasteiger partial charge in [0, 0.05) is 0 Å². The Morgan fingerprint density at radius 3 is 2.03 bits per heavy atom. The molecule has 0 saturated carbocycles. The molecular formula is C26H28F2SiZr. The summed E-state index contributed by atoms with van der Waals surface area (Å²) in [7, 11) is 0. The summed E-state index contributed by atoms with van der Waals surface area (Å²) in [5.41, 5.74) is 8.78. The summed E-state index contributed by atoms with van der Waals surface area (Å²) in [6.45, 7) is 13.9. The Labute approximate surface area is 186 Å². The maximum absolute atomic E-state index is 15.1. The molecule has 0 amide bonds. The fraction of sp³-hybridized carbons (Fsp3) is 0.308. The van der Waals surface area contributed by atoms with Gasteiger partial charge in [-0.25, -0.2) is 0 Å². The van der Waals surface area contributed by atoms with Crippen molar-refractivity contribution in [3.8, 4) is 0 Å². The van der Waals surface area contributed by atoms with Crippen molar-refractivity contribution < 1.29 is 29.1 Å². The average molecular weight is 498 g/mol. The van der Waals surface area contributed by atoms with Crippen molar-refractivity contribution in [2.24, 2.45) is 0 Å². The van der Waals surface area contributed by atoms with Crippen LogP contribution in [0.25, 0.3) is 5.57 Å². The van der Waals surface area contributed by atoms with Gasteiger partial charge in [0.15, 0.2) is 0 Å². The first-order valence-corrected chi connectivity index (χ1v) is 19.5. The van der Waals surface area contributed by atoms with E-state index in [1.807, 2.05) is 30.3 Å². The van der Waals surface area contributed by atoms with Gasteiger partial charge in [0.2, 0.25) is 0 Å². The van der Waals surface area contributed by atoms with Crippen molar-refractivity contribution in [1.29, 1.82) is 0 Å². The van der Waals surface area contributed by atoms with Crippen LogP contribution in [0.1, 0.15) is 48.0 Å². The zero-order valence-electron chi connectivity index (χ0n) is 18.5. The molecule has 2 aliphatic rings. The van der Waals surface area contributed by atoms with E-state index in [0.717, 1.165) is 22.8 Å². The van der Waals surface area contributed by atoms with Crippen molar-refractivity contribution in [2.45, 2.75) is 48.0 Å². The normalized spacial score (nSPS) is 18.8. The fourth-order valence-corrected chi connectivity index (χ4v) is 25.7. The standard InChI is InChI=1S/C15H9F2.C9H13.C2H6Si.Zr/c16-12-8-11-6-7-13(15(11)14(17)9-12)10-4-2-1-3-5-10;1-6-5-7(2)9(4)8(6)3;1-3-2;/h1-9H;5H,1-4H3;1-2H3;. The van der Waals surface area contributed by atoms with Gasteiger partial charge in [-0.2, -0.15) is 0 Å². The molecule has 0 radical (unpaired) electrons. The molecule has 0 N–H and O–H groups in total. The minimum absolute atomic E-state index is 0.209. The Kier molecular flexibility index (Phi) is 6.03. The molecule has 2 aliphatic carbocycles. The summed E-state index contributed by atoms with van der Waals surface area (Å²) in [6.07, 6.45) is 2.30. The van der Waals surface area contributed by atoms with Gasteiger partial charge in [-0.1, -0.05) is 0 Å². The van der Waals surface area contributed by atoms with E-state index in [1.54, 1.807) is 6.07 Å². The molecule has 2 aromatic carbocycles. The SMILES string of the molecule is CC1=C(C)[CH]([Zr]([CH]2C=C(c3ccccc3)c3c(F)cc(F)cc32)=[Si](C)C)C(C)=C1C. The Bertz CT molecular complexity index is 1140. The van der Waals surface area contributed by atoms with Crippen LogP contribution < -0.4 is 0 Å². The predicted molar refractivity (Wildman–Crippen MR) is 121 cm³/mol. The van der Waals surface area contributed by atoms with Crippen molar-refractivity contribution in [2.75, 3.05) is 0 Å². The Hall–Kier alpha value is -1.38. The molecule has 4 rings (SSSR count). The number of hydrogen-bond acceptors (Lipinski definition) is 0. The maximum atomic E-state index is 15.1. The van der Waals surface area contributed by atoms with E-state index in [2.05, 4.69) is 46.9 Å². The summed E-state index contributed by atoms with van der Waals surface area (Å²) in [6, 6.07) is 12.7. The first-order valence-electron chi connectivity index (χ1n) is 10.5. The third-order valence-corrected chi connectivity index (χ3v) is 26.6. The summed E-state index contributed by atoms with van der Waals surface area (Å²) >= 11 is -2.22. The molecule has 0 bridgehead atoms. The Morgan fingerprint density at radius 1 is 0.867 bits per heavy atom. The van der Waals surface area contributed by atoms with Crippen molar-refractivity contribution >= 4 is 11.0 Å². The van der Waals surface area contributed by atoms with Crippen LogP contribution in [-0.2, 0) is 20.4 Å². The molecule has 0 fully saturated rings. The zero-order chi connectivity index (χ0) is 21.7. The topological polar surface area (TPSA) is 0 Å². The molecule has 154 valence electrons. The van der Waals surface area contributed by atoms with Crippen LogP contribution in [0.4, 0.5) is 8.78 Å². The molecular weight excluding hydrogens is 470 g/mol. The number of allylic oxidation sites excluding steroid dienone is 5.